The van der Waals surface area contributed by atoms with Crippen LogP contribution >= 0.6 is 11.8 Å². The van der Waals surface area contributed by atoms with Crippen molar-refractivity contribution < 1.29 is 4.21 Å². The van der Waals surface area contributed by atoms with Crippen molar-refractivity contribution in [2.45, 2.75) is 10.8 Å². The van der Waals surface area contributed by atoms with Gasteiger partial charge in [0.1, 0.15) is 11.1 Å². The molecule has 0 spiro atoms. The third kappa shape index (κ3) is 5.29. The Morgan fingerprint density at radius 1 is 0.839 bits per heavy atom. The summed E-state index contributed by atoms with van der Waals surface area (Å²) in [5, 5.41) is 10.9. The Morgan fingerprint density at radius 2 is 1.42 bits per heavy atom. The van der Waals surface area contributed by atoms with Crippen LogP contribution in [0, 0.1) is 11.3 Å². The van der Waals surface area contributed by atoms with Gasteiger partial charge in [-0.3, -0.25) is 4.21 Å². The highest BCUT2D eigenvalue weighted by atomic mass is 32.2. The van der Waals surface area contributed by atoms with Crippen LogP contribution in [0.15, 0.2) is 102 Å². The van der Waals surface area contributed by atoms with Crippen LogP contribution in [0.5, 0.6) is 0 Å². The molecule has 1 heterocycles. The second-order valence-corrected chi connectivity index (χ2v) is 9.70. The minimum Gasteiger partial charge on any atom is -0.258 e. The van der Waals surface area contributed by atoms with Crippen LogP contribution in [0.2, 0.25) is 0 Å². The Bertz CT molecular complexity index is 1220. The number of hydrogen-bond donors (Lipinski definition) is 0. The van der Waals surface area contributed by atoms with E-state index in [0.717, 1.165) is 27.9 Å². The van der Waals surface area contributed by atoms with Crippen LogP contribution in [-0.4, -0.2) is 14.3 Å². The molecule has 0 bridgehead atoms. The van der Waals surface area contributed by atoms with E-state index >= 15 is 0 Å². The molecule has 0 amide bonds. The zero-order valence-electron chi connectivity index (χ0n) is 16.8. The molecule has 1 aromatic heterocycles. The normalized spacial score (nSPS) is 11.6. The van der Waals surface area contributed by atoms with E-state index in [1.54, 1.807) is 0 Å². The van der Waals surface area contributed by atoms with Crippen LogP contribution < -0.4 is 0 Å². The molecule has 0 fully saturated rings. The summed E-state index contributed by atoms with van der Waals surface area (Å²) in [5.74, 6) is 0.486. The Kier molecular flexibility index (Phi) is 6.93. The summed E-state index contributed by atoms with van der Waals surface area (Å²) in [6.07, 6.45) is 0. The largest absolute Gasteiger partial charge is 0.258 e. The van der Waals surface area contributed by atoms with E-state index in [4.69, 9.17) is 4.98 Å². The van der Waals surface area contributed by atoms with Crippen molar-refractivity contribution in [3.05, 3.63) is 108 Å². The second-order valence-electron chi connectivity index (χ2n) is 6.91. The molecule has 0 aliphatic carbocycles. The van der Waals surface area contributed by atoms with Crippen molar-refractivity contribution >= 4 is 22.6 Å². The number of benzene rings is 3. The summed E-state index contributed by atoms with van der Waals surface area (Å²) >= 11 is 1.38. The highest BCUT2D eigenvalue weighted by molar-refractivity contribution is 8.10. The van der Waals surface area contributed by atoms with E-state index in [9.17, 15) is 9.47 Å². The number of aromatic nitrogens is 1. The van der Waals surface area contributed by atoms with Crippen molar-refractivity contribution in [2.24, 2.45) is 0 Å². The van der Waals surface area contributed by atoms with Gasteiger partial charge in [0.25, 0.3) is 0 Å². The molecule has 0 N–H and O–H groups in total. The lowest BCUT2D eigenvalue weighted by molar-refractivity contribution is 0.685. The maximum Gasteiger partial charge on any atom is 0.116 e. The Morgan fingerprint density at radius 3 is 2.03 bits per heavy atom. The molecule has 3 nitrogen and oxygen atoms in total. The van der Waals surface area contributed by atoms with Gasteiger partial charge in [-0.25, -0.2) is 4.98 Å². The third-order valence-corrected chi connectivity index (χ3v) is 7.50. The van der Waals surface area contributed by atoms with Crippen LogP contribution in [0.4, 0.5) is 0 Å². The van der Waals surface area contributed by atoms with Crippen molar-refractivity contribution in [1.82, 2.24) is 4.98 Å². The molecule has 3 aromatic carbocycles. The maximum absolute atomic E-state index is 12.7. The molecule has 0 saturated heterocycles. The summed E-state index contributed by atoms with van der Waals surface area (Å²) in [5.41, 5.74) is 5.15. The van der Waals surface area contributed by atoms with Gasteiger partial charge in [-0.2, -0.15) is 5.26 Å². The van der Waals surface area contributed by atoms with E-state index in [2.05, 4.69) is 6.07 Å². The lowest BCUT2D eigenvalue weighted by atomic mass is 9.99. The number of hydrogen-bond acceptors (Lipinski definition) is 4. The number of nitriles is 1. The van der Waals surface area contributed by atoms with E-state index in [1.807, 2.05) is 97.1 Å². The molecular formula is C26H20N2OS2. The van der Waals surface area contributed by atoms with Crippen molar-refractivity contribution in [1.29, 1.82) is 5.26 Å². The average Bonchev–Trinajstić information content (AvgIpc) is 2.84. The Labute approximate surface area is 189 Å². The molecule has 5 heteroatoms. The minimum atomic E-state index is -1.07. The summed E-state index contributed by atoms with van der Waals surface area (Å²) in [6.45, 7) is 0. The average molecular weight is 441 g/mol. The molecule has 4 aromatic rings. The monoisotopic (exact) mass is 440 g/mol. The second kappa shape index (κ2) is 10.2. The number of thioether (sulfide) groups is 1. The van der Waals surface area contributed by atoms with Crippen molar-refractivity contribution in [2.75, 3.05) is 5.08 Å². The number of nitrogens with zero attached hydrogens (tertiary/aromatic N) is 2. The smallest absolute Gasteiger partial charge is 0.116 e. The van der Waals surface area contributed by atoms with Crippen LogP contribution in [0.1, 0.15) is 11.1 Å². The van der Waals surface area contributed by atoms with Gasteiger partial charge in [0, 0.05) is 27.7 Å². The lowest BCUT2D eigenvalue weighted by Gasteiger charge is -2.12. The molecular weight excluding hydrogens is 420 g/mol. The van der Waals surface area contributed by atoms with Gasteiger partial charge in [0.15, 0.2) is 0 Å². The molecule has 1 atom stereocenters. The van der Waals surface area contributed by atoms with Gasteiger partial charge in [0.2, 0.25) is 0 Å². The van der Waals surface area contributed by atoms with Crippen LogP contribution in [-0.2, 0) is 16.6 Å². The highest BCUT2D eigenvalue weighted by Gasteiger charge is 2.16. The zero-order chi connectivity index (χ0) is 21.5. The van der Waals surface area contributed by atoms with E-state index in [-0.39, 0.29) is 0 Å². The van der Waals surface area contributed by atoms with Gasteiger partial charge in [-0.05, 0) is 17.2 Å². The van der Waals surface area contributed by atoms with Gasteiger partial charge >= 0.3 is 0 Å². The summed E-state index contributed by atoms with van der Waals surface area (Å²) in [6, 6.07) is 33.9. The Hall–Kier alpha value is -3.20. The first-order valence-electron chi connectivity index (χ1n) is 9.82. The van der Waals surface area contributed by atoms with E-state index in [0.29, 0.717) is 21.4 Å². The first-order chi connectivity index (χ1) is 15.2. The molecule has 0 radical (unpaired) electrons. The molecule has 31 heavy (non-hydrogen) atoms. The highest BCUT2D eigenvalue weighted by Crippen LogP contribution is 2.34. The fourth-order valence-corrected chi connectivity index (χ4v) is 5.59. The van der Waals surface area contributed by atoms with Gasteiger partial charge in [-0.1, -0.05) is 103 Å². The first kappa shape index (κ1) is 21.0. The standard InChI is InChI=1S/C26H20N2OS2/c27-17-24-23(21-12-6-2-7-13-21)16-25(22-14-8-3-9-15-22)28-26(24)30-19-31(29)18-20-10-4-1-5-11-20/h1-16H,18-19H2. The number of rotatable bonds is 7. The lowest BCUT2D eigenvalue weighted by Crippen LogP contribution is -2.01. The minimum absolute atomic E-state index is 0.378. The quantitative estimate of drug-likeness (QED) is 0.317. The van der Waals surface area contributed by atoms with E-state index in [1.165, 1.54) is 11.8 Å². The fourth-order valence-electron chi connectivity index (χ4n) is 3.26. The molecule has 4 rings (SSSR count). The first-order valence-corrected chi connectivity index (χ1v) is 12.3. The van der Waals surface area contributed by atoms with Crippen LogP contribution in [0.25, 0.3) is 22.4 Å². The zero-order valence-corrected chi connectivity index (χ0v) is 18.4. The molecule has 0 aliphatic heterocycles. The third-order valence-electron chi connectivity index (χ3n) is 4.75. The van der Waals surface area contributed by atoms with Crippen LogP contribution in [0.3, 0.4) is 0 Å². The molecule has 0 saturated carbocycles. The number of pyridine rings is 1. The summed E-state index contributed by atoms with van der Waals surface area (Å²) in [4.78, 5) is 4.78. The van der Waals surface area contributed by atoms with Crippen molar-refractivity contribution in [3.63, 3.8) is 0 Å². The van der Waals surface area contributed by atoms with Gasteiger partial charge < -0.3 is 0 Å². The van der Waals surface area contributed by atoms with Gasteiger partial charge in [0.05, 0.1) is 16.3 Å². The summed E-state index contributed by atoms with van der Waals surface area (Å²) < 4.78 is 12.7. The molecule has 0 aliphatic rings. The topological polar surface area (TPSA) is 53.8 Å². The predicted octanol–water partition coefficient (Wildman–Crippen LogP) is 6.29. The molecule has 152 valence electrons. The molecule has 1 unspecified atom stereocenters. The van der Waals surface area contributed by atoms with Gasteiger partial charge in [-0.15, -0.1) is 0 Å². The fraction of sp³-hybridized carbons (Fsp3) is 0.0769. The Balaban J connectivity index is 1.68. The predicted molar refractivity (Wildman–Crippen MR) is 129 cm³/mol. The SMILES string of the molecule is N#Cc1c(-c2ccccc2)cc(-c2ccccc2)nc1SCS(=O)Cc1ccccc1. The summed E-state index contributed by atoms with van der Waals surface area (Å²) in [7, 11) is -1.07. The maximum atomic E-state index is 12.7. The van der Waals surface area contributed by atoms with E-state index < -0.39 is 10.8 Å². The van der Waals surface area contributed by atoms with Crippen molar-refractivity contribution in [3.8, 4) is 28.5 Å².